The number of amides is 1. The molecule has 4 aromatic rings. The molecule has 1 aliphatic rings. The molecule has 1 atom stereocenters. The molecule has 39 heavy (non-hydrogen) atoms. The van der Waals surface area contributed by atoms with Crippen LogP contribution in [0.5, 0.6) is 17.2 Å². The standard InChI is InChI=1S/C32H28N2O5/c1-37-26-15-9-10-23(19-26)31(36)39-28-17-16-22(18-29(28)38-2)21-33-34-30(35)27-20-32(27,24-11-5-3-6-12-24)25-13-7-4-8-14-25/h3-19,21,27H,20H2,1-2H3,(H,34,35)/b33-21-/t27-/m0/s1. The summed E-state index contributed by atoms with van der Waals surface area (Å²) >= 11 is 0. The van der Waals surface area contributed by atoms with Crippen LogP contribution in [-0.2, 0) is 10.2 Å². The van der Waals surface area contributed by atoms with Gasteiger partial charge in [-0.25, -0.2) is 10.2 Å². The zero-order chi connectivity index (χ0) is 27.2. The predicted molar refractivity (Wildman–Crippen MR) is 148 cm³/mol. The van der Waals surface area contributed by atoms with Crippen LogP contribution < -0.4 is 19.6 Å². The fourth-order valence-electron chi connectivity index (χ4n) is 4.86. The Morgan fingerprint density at radius 3 is 2.15 bits per heavy atom. The topological polar surface area (TPSA) is 86.2 Å². The van der Waals surface area contributed by atoms with E-state index in [0.29, 0.717) is 29.0 Å². The Morgan fingerprint density at radius 1 is 0.821 bits per heavy atom. The SMILES string of the molecule is COc1cccc(C(=O)Oc2ccc(/C=N\NC(=O)[C@@H]3CC3(c3ccccc3)c3ccccc3)cc2OC)c1. The molecule has 0 aromatic heterocycles. The number of carbonyl (C=O) groups is 2. The summed E-state index contributed by atoms with van der Waals surface area (Å²) in [6.45, 7) is 0. The zero-order valence-electron chi connectivity index (χ0n) is 21.7. The van der Waals surface area contributed by atoms with Gasteiger partial charge in [-0.05, 0) is 59.5 Å². The van der Waals surface area contributed by atoms with E-state index >= 15 is 0 Å². The maximum Gasteiger partial charge on any atom is 0.343 e. The van der Waals surface area contributed by atoms with E-state index in [1.165, 1.54) is 20.4 Å². The summed E-state index contributed by atoms with van der Waals surface area (Å²) in [6.07, 6.45) is 2.24. The summed E-state index contributed by atoms with van der Waals surface area (Å²) in [5.74, 6) is 0.268. The van der Waals surface area contributed by atoms with E-state index in [9.17, 15) is 9.59 Å². The molecule has 1 aliphatic carbocycles. The molecule has 7 nitrogen and oxygen atoms in total. The van der Waals surface area contributed by atoms with Crippen molar-refractivity contribution in [2.24, 2.45) is 11.0 Å². The van der Waals surface area contributed by atoms with Gasteiger partial charge in [0, 0.05) is 5.41 Å². The summed E-state index contributed by atoms with van der Waals surface area (Å²) < 4.78 is 16.1. The molecule has 0 aliphatic heterocycles. The molecule has 5 rings (SSSR count). The maximum absolute atomic E-state index is 13.1. The minimum absolute atomic E-state index is 0.144. The molecule has 0 radical (unpaired) electrons. The van der Waals surface area contributed by atoms with Gasteiger partial charge >= 0.3 is 5.97 Å². The van der Waals surface area contributed by atoms with Gasteiger partial charge in [0.05, 0.1) is 31.9 Å². The number of hydrazone groups is 1. The highest BCUT2D eigenvalue weighted by atomic mass is 16.6. The van der Waals surface area contributed by atoms with Crippen molar-refractivity contribution in [1.82, 2.24) is 5.43 Å². The van der Waals surface area contributed by atoms with E-state index in [1.807, 2.05) is 36.4 Å². The number of hydrogen-bond donors (Lipinski definition) is 1. The van der Waals surface area contributed by atoms with Crippen molar-refractivity contribution < 1.29 is 23.8 Å². The molecular weight excluding hydrogens is 492 g/mol. The highest BCUT2D eigenvalue weighted by Gasteiger charge is 2.60. The number of methoxy groups -OCH3 is 2. The van der Waals surface area contributed by atoms with Crippen molar-refractivity contribution in [1.29, 1.82) is 0 Å². The Kier molecular flexibility index (Phi) is 7.41. The molecule has 0 unspecified atom stereocenters. The third kappa shape index (κ3) is 5.38. The number of hydrogen-bond acceptors (Lipinski definition) is 6. The molecule has 0 saturated heterocycles. The number of nitrogens with zero attached hydrogens (tertiary/aromatic N) is 1. The number of nitrogens with one attached hydrogen (secondary N) is 1. The fraction of sp³-hybridized carbons (Fsp3) is 0.156. The molecule has 4 aromatic carbocycles. The van der Waals surface area contributed by atoms with E-state index in [2.05, 4.69) is 34.8 Å². The van der Waals surface area contributed by atoms with E-state index < -0.39 is 5.97 Å². The minimum Gasteiger partial charge on any atom is -0.497 e. The molecule has 196 valence electrons. The summed E-state index contributed by atoms with van der Waals surface area (Å²) in [6, 6.07) is 31.9. The lowest BCUT2D eigenvalue weighted by atomic mass is 9.85. The van der Waals surface area contributed by atoms with Crippen molar-refractivity contribution in [3.05, 3.63) is 125 Å². The van der Waals surface area contributed by atoms with Gasteiger partial charge in [0.15, 0.2) is 11.5 Å². The van der Waals surface area contributed by atoms with Gasteiger partial charge < -0.3 is 14.2 Å². The molecule has 0 heterocycles. The van der Waals surface area contributed by atoms with Crippen LogP contribution >= 0.6 is 0 Å². The summed E-state index contributed by atoms with van der Waals surface area (Å²) in [5.41, 5.74) is 5.59. The summed E-state index contributed by atoms with van der Waals surface area (Å²) in [4.78, 5) is 25.7. The molecule has 1 saturated carbocycles. The van der Waals surface area contributed by atoms with Gasteiger partial charge in [0.2, 0.25) is 5.91 Å². The van der Waals surface area contributed by atoms with Crippen LogP contribution in [0.15, 0.2) is 108 Å². The Bertz CT molecular complexity index is 1460. The largest absolute Gasteiger partial charge is 0.497 e. The lowest BCUT2D eigenvalue weighted by molar-refractivity contribution is -0.122. The summed E-state index contributed by atoms with van der Waals surface area (Å²) in [7, 11) is 3.02. The van der Waals surface area contributed by atoms with Crippen LogP contribution in [0.2, 0.25) is 0 Å². The van der Waals surface area contributed by atoms with Gasteiger partial charge in [0.1, 0.15) is 5.75 Å². The van der Waals surface area contributed by atoms with Crippen molar-refractivity contribution >= 4 is 18.1 Å². The average Bonchev–Trinajstić information content (AvgIpc) is 3.76. The van der Waals surface area contributed by atoms with Crippen LogP contribution in [-0.4, -0.2) is 32.3 Å². The molecule has 1 fully saturated rings. The highest BCUT2D eigenvalue weighted by Crippen LogP contribution is 2.58. The average molecular weight is 521 g/mol. The zero-order valence-corrected chi connectivity index (χ0v) is 21.7. The van der Waals surface area contributed by atoms with Crippen LogP contribution in [0.1, 0.15) is 33.5 Å². The molecule has 0 spiro atoms. The maximum atomic E-state index is 13.1. The van der Waals surface area contributed by atoms with Gasteiger partial charge in [-0.3, -0.25) is 4.79 Å². The van der Waals surface area contributed by atoms with Crippen molar-refractivity contribution in [3.63, 3.8) is 0 Å². The van der Waals surface area contributed by atoms with Crippen molar-refractivity contribution in [2.75, 3.05) is 14.2 Å². The lowest BCUT2D eigenvalue weighted by Crippen LogP contribution is -2.25. The summed E-state index contributed by atoms with van der Waals surface area (Å²) in [5, 5.41) is 4.19. The second-order valence-corrected chi connectivity index (χ2v) is 9.23. The van der Waals surface area contributed by atoms with Crippen molar-refractivity contribution in [3.8, 4) is 17.2 Å². The molecule has 0 bridgehead atoms. The smallest absolute Gasteiger partial charge is 0.343 e. The van der Waals surface area contributed by atoms with E-state index in [1.54, 1.807) is 42.5 Å². The molecule has 1 N–H and O–H groups in total. The van der Waals surface area contributed by atoms with E-state index in [0.717, 1.165) is 11.1 Å². The highest BCUT2D eigenvalue weighted by molar-refractivity contribution is 5.92. The first-order valence-corrected chi connectivity index (χ1v) is 12.5. The number of carbonyl (C=O) groups excluding carboxylic acids is 2. The molecule has 1 amide bonds. The second kappa shape index (κ2) is 11.2. The number of ether oxygens (including phenoxy) is 3. The lowest BCUT2D eigenvalue weighted by Gasteiger charge is -2.18. The van der Waals surface area contributed by atoms with Crippen LogP contribution in [0.3, 0.4) is 0 Å². The predicted octanol–water partition coefficient (Wildman–Crippen LogP) is 5.38. The van der Waals surface area contributed by atoms with Crippen LogP contribution in [0.4, 0.5) is 0 Å². The second-order valence-electron chi connectivity index (χ2n) is 9.23. The Balaban J connectivity index is 1.26. The Hall–Kier alpha value is -4.91. The Labute approximate surface area is 227 Å². The number of esters is 1. The van der Waals surface area contributed by atoms with Gasteiger partial charge in [-0.2, -0.15) is 5.10 Å². The molecule has 7 heteroatoms. The Morgan fingerprint density at radius 2 is 1.51 bits per heavy atom. The van der Waals surface area contributed by atoms with Crippen LogP contribution in [0, 0.1) is 5.92 Å². The normalized spacial score (nSPS) is 15.4. The van der Waals surface area contributed by atoms with Crippen molar-refractivity contribution in [2.45, 2.75) is 11.8 Å². The van der Waals surface area contributed by atoms with Crippen LogP contribution in [0.25, 0.3) is 0 Å². The first-order valence-electron chi connectivity index (χ1n) is 12.5. The number of rotatable bonds is 9. The fourth-order valence-corrected chi connectivity index (χ4v) is 4.86. The first-order chi connectivity index (χ1) is 19.0. The first kappa shape index (κ1) is 25.7. The van der Waals surface area contributed by atoms with E-state index in [4.69, 9.17) is 14.2 Å². The third-order valence-electron chi connectivity index (χ3n) is 6.94. The van der Waals surface area contributed by atoms with Gasteiger partial charge in [-0.1, -0.05) is 66.7 Å². The quantitative estimate of drug-likeness (QED) is 0.139. The third-order valence-corrected chi connectivity index (χ3v) is 6.94. The minimum atomic E-state index is -0.536. The van der Waals surface area contributed by atoms with E-state index in [-0.39, 0.29) is 23.0 Å². The van der Waals surface area contributed by atoms with Gasteiger partial charge in [-0.15, -0.1) is 0 Å². The van der Waals surface area contributed by atoms with Gasteiger partial charge in [0.25, 0.3) is 0 Å². The monoisotopic (exact) mass is 520 g/mol. The number of benzene rings is 4. The molecular formula is C32H28N2O5.